The molecule has 1 unspecified atom stereocenters. The number of hydrogen-bond acceptors (Lipinski definition) is 5. The van der Waals surface area contributed by atoms with Crippen molar-refractivity contribution in [2.45, 2.75) is 25.7 Å². The van der Waals surface area contributed by atoms with E-state index in [2.05, 4.69) is 10.3 Å². The number of carbonyl (C=O) groups is 2. The second kappa shape index (κ2) is 7.68. The highest BCUT2D eigenvalue weighted by atomic mass is 35.5. The Balaban J connectivity index is 0.00000208. The Morgan fingerprint density at radius 2 is 2.25 bits per heavy atom. The summed E-state index contributed by atoms with van der Waals surface area (Å²) in [5.74, 6) is 0.427. The van der Waals surface area contributed by atoms with Gasteiger partial charge >= 0.3 is 5.97 Å². The molecule has 1 atom stereocenters. The number of ketones is 1. The summed E-state index contributed by atoms with van der Waals surface area (Å²) in [5.41, 5.74) is 2.48. The van der Waals surface area contributed by atoms with E-state index in [0.29, 0.717) is 42.8 Å². The first-order valence-corrected chi connectivity index (χ1v) is 7.71. The van der Waals surface area contributed by atoms with Crippen LogP contribution in [0.3, 0.4) is 0 Å². The number of likely N-dealkylation sites (N-methyl/N-ethyl adjacent to an activating group) is 1. The van der Waals surface area contributed by atoms with E-state index < -0.39 is 5.97 Å². The lowest BCUT2D eigenvalue weighted by molar-refractivity contribution is 0.0503. The van der Waals surface area contributed by atoms with Crippen molar-refractivity contribution in [2.24, 2.45) is 0 Å². The standard InChI is InChI=1S/C17H20N2O4.ClH/c1-10-15-12(19-16(10)17(21)23-7-5-18-2)8-11(9-13(15)20)14-4-3-6-22-14;/h3-4,6,11,18-19H,5,7-9H2,1-2H3;1H. The van der Waals surface area contributed by atoms with Gasteiger partial charge in [0, 0.05) is 30.1 Å². The minimum atomic E-state index is -0.422. The van der Waals surface area contributed by atoms with Gasteiger partial charge in [0.2, 0.25) is 0 Å². The second-order valence-electron chi connectivity index (χ2n) is 5.76. The van der Waals surface area contributed by atoms with Crippen LogP contribution in [0.4, 0.5) is 0 Å². The molecule has 130 valence electrons. The van der Waals surface area contributed by atoms with Crippen molar-refractivity contribution in [1.82, 2.24) is 10.3 Å². The maximum atomic E-state index is 12.5. The predicted octanol–water partition coefficient (Wildman–Crippen LogP) is 2.63. The van der Waals surface area contributed by atoms with Gasteiger partial charge in [0.1, 0.15) is 18.1 Å². The number of ether oxygens (including phenoxy) is 1. The third-order valence-corrected chi connectivity index (χ3v) is 4.22. The molecule has 0 aliphatic heterocycles. The van der Waals surface area contributed by atoms with Gasteiger partial charge in [-0.05, 0) is 38.1 Å². The number of aromatic nitrogens is 1. The maximum Gasteiger partial charge on any atom is 0.355 e. The third-order valence-electron chi connectivity index (χ3n) is 4.22. The van der Waals surface area contributed by atoms with Gasteiger partial charge in [-0.25, -0.2) is 4.79 Å². The van der Waals surface area contributed by atoms with Gasteiger partial charge in [-0.2, -0.15) is 0 Å². The van der Waals surface area contributed by atoms with E-state index in [0.717, 1.165) is 11.5 Å². The van der Waals surface area contributed by atoms with Gasteiger partial charge < -0.3 is 19.5 Å². The number of carbonyl (C=O) groups excluding carboxylic acids is 2. The molecule has 24 heavy (non-hydrogen) atoms. The summed E-state index contributed by atoms with van der Waals surface area (Å²) in [4.78, 5) is 27.7. The lowest BCUT2D eigenvalue weighted by Gasteiger charge is -2.19. The zero-order valence-corrected chi connectivity index (χ0v) is 14.5. The van der Waals surface area contributed by atoms with Crippen LogP contribution in [0.25, 0.3) is 0 Å². The molecule has 2 aromatic rings. The van der Waals surface area contributed by atoms with Crippen molar-refractivity contribution in [1.29, 1.82) is 0 Å². The smallest absolute Gasteiger partial charge is 0.355 e. The average molecular weight is 353 g/mol. The fourth-order valence-electron chi connectivity index (χ4n) is 3.08. The van der Waals surface area contributed by atoms with E-state index in [1.165, 1.54) is 0 Å². The summed E-state index contributed by atoms with van der Waals surface area (Å²) in [6.07, 6.45) is 2.66. The topological polar surface area (TPSA) is 84.3 Å². The number of Topliss-reactive ketones (excluding diaryl/α,β-unsaturated/α-hetero) is 1. The quantitative estimate of drug-likeness (QED) is 0.638. The Morgan fingerprint density at radius 1 is 1.46 bits per heavy atom. The number of hydrogen-bond donors (Lipinski definition) is 2. The van der Waals surface area contributed by atoms with Gasteiger partial charge in [-0.3, -0.25) is 4.79 Å². The van der Waals surface area contributed by atoms with Crippen LogP contribution in [-0.2, 0) is 11.2 Å². The first-order chi connectivity index (χ1) is 11.1. The first kappa shape index (κ1) is 18.3. The largest absolute Gasteiger partial charge is 0.469 e. The molecule has 0 bridgehead atoms. The Labute approximate surface area is 146 Å². The van der Waals surface area contributed by atoms with Crippen molar-refractivity contribution >= 4 is 24.2 Å². The van der Waals surface area contributed by atoms with Crippen molar-refractivity contribution in [2.75, 3.05) is 20.2 Å². The van der Waals surface area contributed by atoms with Gasteiger partial charge in [0.05, 0.1) is 6.26 Å². The van der Waals surface area contributed by atoms with Crippen LogP contribution in [0, 0.1) is 6.92 Å². The normalized spacial score (nSPS) is 16.4. The molecule has 0 fully saturated rings. The zero-order chi connectivity index (χ0) is 16.4. The summed E-state index contributed by atoms with van der Waals surface area (Å²) in [5, 5.41) is 2.91. The van der Waals surface area contributed by atoms with Gasteiger partial charge in [0.15, 0.2) is 5.78 Å². The molecule has 7 heteroatoms. The lowest BCUT2D eigenvalue weighted by atomic mass is 9.84. The number of H-pyrrole nitrogens is 1. The van der Waals surface area contributed by atoms with Crippen LogP contribution < -0.4 is 5.32 Å². The molecular formula is C17H21ClN2O4. The minimum Gasteiger partial charge on any atom is -0.469 e. The molecule has 0 aromatic carbocycles. The SMILES string of the molecule is CNCCOC(=O)c1[nH]c2c(c1C)C(=O)CC(c1ccco1)C2.Cl. The molecule has 0 amide bonds. The highest BCUT2D eigenvalue weighted by Crippen LogP contribution is 2.35. The Bertz CT molecular complexity index is 721. The Kier molecular flexibility index (Phi) is 5.85. The highest BCUT2D eigenvalue weighted by Gasteiger charge is 2.33. The van der Waals surface area contributed by atoms with Crippen molar-refractivity contribution < 1.29 is 18.7 Å². The van der Waals surface area contributed by atoms with E-state index in [-0.39, 0.29) is 24.1 Å². The summed E-state index contributed by atoms with van der Waals surface area (Å²) < 4.78 is 10.6. The fraction of sp³-hybridized carbons (Fsp3) is 0.412. The molecule has 0 spiro atoms. The van der Waals surface area contributed by atoms with E-state index in [9.17, 15) is 9.59 Å². The average Bonchev–Trinajstić information content (AvgIpc) is 3.15. The molecule has 0 saturated carbocycles. The Morgan fingerprint density at radius 3 is 2.92 bits per heavy atom. The number of fused-ring (bicyclic) bond motifs is 1. The number of halogens is 1. The predicted molar refractivity (Wildman–Crippen MR) is 91.1 cm³/mol. The molecule has 6 nitrogen and oxygen atoms in total. The van der Waals surface area contributed by atoms with Gasteiger partial charge in [0.25, 0.3) is 0 Å². The molecule has 2 N–H and O–H groups in total. The summed E-state index contributed by atoms with van der Waals surface area (Å²) in [6.45, 7) is 2.67. The second-order valence-corrected chi connectivity index (χ2v) is 5.76. The van der Waals surface area contributed by atoms with Gasteiger partial charge in [-0.1, -0.05) is 0 Å². The minimum absolute atomic E-state index is 0. The fourth-order valence-corrected chi connectivity index (χ4v) is 3.08. The van der Waals surface area contributed by atoms with Crippen molar-refractivity contribution in [3.05, 3.63) is 46.7 Å². The summed E-state index contributed by atoms with van der Waals surface area (Å²) in [7, 11) is 1.79. The van der Waals surface area contributed by atoms with Crippen LogP contribution >= 0.6 is 12.4 Å². The summed E-state index contributed by atoms with van der Waals surface area (Å²) in [6, 6.07) is 3.70. The van der Waals surface area contributed by atoms with Gasteiger partial charge in [-0.15, -0.1) is 12.4 Å². The van der Waals surface area contributed by atoms with Crippen LogP contribution in [-0.4, -0.2) is 36.9 Å². The van der Waals surface area contributed by atoms with Crippen LogP contribution in [0.15, 0.2) is 22.8 Å². The van der Waals surface area contributed by atoms with E-state index >= 15 is 0 Å². The number of rotatable bonds is 5. The Hall–Kier alpha value is -2.05. The molecule has 0 radical (unpaired) electrons. The molecule has 1 aliphatic rings. The highest BCUT2D eigenvalue weighted by molar-refractivity contribution is 6.03. The molecule has 2 aromatic heterocycles. The monoisotopic (exact) mass is 352 g/mol. The third kappa shape index (κ3) is 3.39. The van der Waals surface area contributed by atoms with Crippen molar-refractivity contribution in [3.8, 4) is 0 Å². The first-order valence-electron chi connectivity index (χ1n) is 7.71. The van der Waals surface area contributed by atoms with E-state index in [1.807, 2.05) is 12.1 Å². The zero-order valence-electron chi connectivity index (χ0n) is 13.7. The number of aromatic amines is 1. The number of nitrogens with one attached hydrogen (secondary N) is 2. The van der Waals surface area contributed by atoms with E-state index in [1.54, 1.807) is 20.2 Å². The maximum absolute atomic E-state index is 12.5. The van der Waals surface area contributed by atoms with Crippen LogP contribution in [0.5, 0.6) is 0 Å². The summed E-state index contributed by atoms with van der Waals surface area (Å²) >= 11 is 0. The van der Waals surface area contributed by atoms with Crippen LogP contribution in [0.1, 0.15) is 50.2 Å². The number of esters is 1. The van der Waals surface area contributed by atoms with Crippen LogP contribution in [0.2, 0.25) is 0 Å². The molecule has 3 rings (SSSR count). The van der Waals surface area contributed by atoms with E-state index in [4.69, 9.17) is 9.15 Å². The molecule has 2 heterocycles. The molecule has 1 aliphatic carbocycles. The molecular weight excluding hydrogens is 332 g/mol. The number of furan rings is 1. The lowest BCUT2D eigenvalue weighted by Crippen LogP contribution is -2.18. The van der Waals surface area contributed by atoms with Crippen molar-refractivity contribution in [3.63, 3.8) is 0 Å². The molecule has 0 saturated heterocycles.